The first-order valence-electron chi connectivity index (χ1n) is 4.21. The number of hydrogen-bond acceptors (Lipinski definition) is 4. The number of methoxy groups -OCH3 is 1. The molecule has 0 aromatic heterocycles. The molecule has 0 aliphatic rings. The SMILES string of the molecule is COc1ccc(NC=C(C#N)C#N)cc1. The van der Waals surface area contributed by atoms with Crippen molar-refractivity contribution in [2.75, 3.05) is 12.4 Å². The van der Waals surface area contributed by atoms with Crippen molar-refractivity contribution in [1.82, 2.24) is 0 Å². The van der Waals surface area contributed by atoms with Gasteiger partial charge in [-0.25, -0.2) is 0 Å². The molecule has 0 radical (unpaired) electrons. The average Bonchev–Trinajstić information content (AvgIpc) is 2.31. The Bertz CT molecular complexity index is 418. The van der Waals surface area contributed by atoms with Gasteiger partial charge in [0, 0.05) is 11.9 Å². The third-order valence-electron chi connectivity index (χ3n) is 1.71. The normalized spacial score (nSPS) is 8.20. The maximum absolute atomic E-state index is 8.49. The summed E-state index contributed by atoms with van der Waals surface area (Å²) in [6.45, 7) is 0. The van der Waals surface area contributed by atoms with Gasteiger partial charge in [-0.05, 0) is 24.3 Å². The van der Waals surface area contributed by atoms with Crippen molar-refractivity contribution >= 4 is 5.69 Å². The van der Waals surface area contributed by atoms with E-state index in [1.54, 1.807) is 43.5 Å². The summed E-state index contributed by atoms with van der Waals surface area (Å²) in [4.78, 5) is 0. The second-order valence-corrected chi connectivity index (χ2v) is 2.65. The van der Waals surface area contributed by atoms with E-state index >= 15 is 0 Å². The molecule has 0 saturated carbocycles. The molecule has 0 saturated heterocycles. The maximum atomic E-state index is 8.49. The molecular weight excluding hydrogens is 190 g/mol. The van der Waals surface area contributed by atoms with Gasteiger partial charge in [0.1, 0.15) is 23.5 Å². The molecule has 4 heteroatoms. The fraction of sp³-hybridized carbons (Fsp3) is 0.0909. The summed E-state index contributed by atoms with van der Waals surface area (Å²) >= 11 is 0. The Kier molecular flexibility index (Phi) is 3.76. The van der Waals surface area contributed by atoms with Gasteiger partial charge in [0.2, 0.25) is 0 Å². The molecule has 1 aromatic carbocycles. The minimum Gasteiger partial charge on any atom is -0.497 e. The number of rotatable bonds is 3. The zero-order valence-corrected chi connectivity index (χ0v) is 8.19. The fourth-order valence-corrected chi connectivity index (χ4v) is 0.932. The summed E-state index contributed by atoms with van der Waals surface area (Å²) in [5, 5.41) is 19.8. The van der Waals surface area contributed by atoms with Crippen LogP contribution in [0, 0.1) is 22.7 Å². The number of ether oxygens (including phenoxy) is 1. The second kappa shape index (κ2) is 5.31. The lowest BCUT2D eigenvalue weighted by atomic mass is 10.3. The van der Waals surface area contributed by atoms with Crippen LogP contribution in [0.2, 0.25) is 0 Å². The zero-order valence-electron chi connectivity index (χ0n) is 8.19. The second-order valence-electron chi connectivity index (χ2n) is 2.65. The number of nitrogens with zero attached hydrogens (tertiary/aromatic N) is 2. The third kappa shape index (κ3) is 3.06. The van der Waals surface area contributed by atoms with Gasteiger partial charge in [0.05, 0.1) is 7.11 Å². The number of hydrogen-bond donors (Lipinski definition) is 1. The molecule has 0 atom stereocenters. The van der Waals surface area contributed by atoms with Crippen molar-refractivity contribution in [2.24, 2.45) is 0 Å². The lowest BCUT2D eigenvalue weighted by Crippen LogP contribution is -1.90. The van der Waals surface area contributed by atoms with Crippen LogP contribution in [0.4, 0.5) is 5.69 Å². The van der Waals surface area contributed by atoms with Crippen LogP contribution in [-0.2, 0) is 0 Å². The van der Waals surface area contributed by atoms with Crippen LogP contribution in [0.1, 0.15) is 0 Å². The van der Waals surface area contributed by atoms with Gasteiger partial charge < -0.3 is 10.1 Å². The smallest absolute Gasteiger partial charge is 0.145 e. The van der Waals surface area contributed by atoms with E-state index < -0.39 is 0 Å². The highest BCUT2D eigenvalue weighted by Crippen LogP contribution is 2.14. The van der Waals surface area contributed by atoms with Gasteiger partial charge in [-0.1, -0.05) is 0 Å². The first-order valence-corrected chi connectivity index (χ1v) is 4.21. The predicted molar refractivity (Wildman–Crippen MR) is 55.9 cm³/mol. The zero-order chi connectivity index (χ0) is 11.1. The van der Waals surface area contributed by atoms with Crippen LogP contribution < -0.4 is 10.1 Å². The Labute approximate surface area is 88.0 Å². The van der Waals surface area contributed by atoms with Crippen LogP contribution in [0.3, 0.4) is 0 Å². The number of benzene rings is 1. The van der Waals surface area contributed by atoms with Crippen molar-refractivity contribution in [2.45, 2.75) is 0 Å². The highest BCUT2D eigenvalue weighted by atomic mass is 16.5. The van der Waals surface area contributed by atoms with Gasteiger partial charge >= 0.3 is 0 Å². The summed E-state index contributed by atoms with van der Waals surface area (Å²) in [6, 6.07) is 10.7. The number of nitriles is 2. The monoisotopic (exact) mass is 199 g/mol. The number of allylic oxidation sites excluding steroid dienone is 1. The van der Waals surface area contributed by atoms with E-state index in [-0.39, 0.29) is 5.57 Å². The Morgan fingerprint density at radius 2 is 1.87 bits per heavy atom. The first kappa shape index (κ1) is 10.6. The van der Waals surface area contributed by atoms with Gasteiger partial charge in [-0.2, -0.15) is 10.5 Å². The van der Waals surface area contributed by atoms with E-state index in [0.717, 1.165) is 11.4 Å². The topological polar surface area (TPSA) is 68.8 Å². The molecule has 4 nitrogen and oxygen atoms in total. The summed E-state index contributed by atoms with van der Waals surface area (Å²) in [7, 11) is 1.59. The first-order chi connectivity index (χ1) is 7.30. The maximum Gasteiger partial charge on any atom is 0.145 e. The van der Waals surface area contributed by atoms with Crippen LogP contribution >= 0.6 is 0 Å². The Morgan fingerprint density at radius 3 is 2.33 bits per heavy atom. The standard InChI is InChI=1S/C11H9N3O/c1-15-11-4-2-10(3-5-11)14-8-9(6-12)7-13/h2-5,8,14H,1H3. The van der Waals surface area contributed by atoms with Crippen molar-refractivity contribution < 1.29 is 4.74 Å². The summed E-state index contributed by atoms with van der Waals surface area (Å²) in [5.41, 5.74) is 0.824. The minimum absolute atomic E-state index is 0.0332. The molecule has 0 amide bonds. The third-order valence-corrected chi connectivity index (χ3v) is 1.71. The van der Waals surface area contributed by atoms with Crippen LogP contribution in [0.25, 0.3) is 0 Å². The van der Waals surface area contributed by atoms with Crippen molar-refractivity contribution in [3.8, 4) is 17.9 Å². The number of nitrogens with one attached hydrogen (secondary N) is 1. The molecule has 74 valence electrons. The van der Waals surface area contributed by atoms with Crippen molar-refractivity contribution in [3.63, 3.8) is 0 Å². The summed E-state index contributed by atoms with van der Waals surface area (Å²) < 4.78 is 4.99. The van der Waals surface area contributed by atoms with E-state index in [4.69, 9.17) is 15.3 Å². The molecule has 0 aliphatic heterocycles. The Hall–Kier alpha value is -2.46. The molecule has 0 spiro atoms. The Morgan fingerprint density at radius 1 is 1.27 bits per heavy atom. The summed E-state index contributed by atoms with van der Waals surface area (Å²) in [6.07, 6.45) is 1.36. The van der Waals surface area contributed by atoms with Gasteiger partial charge in [0.25, 0.3) is 0 Å². The van der Waals surface area contributed by atoms with Crippen LogP contribution in [-0.4, -0.2) is 7.11 Å². The van der Waals surface area contributed by atoms with Crippen molar-refractivity contribution in [1.29, 1.82) is 10.5 Å². The molecule has 15 heavy (non-hydrogen) atoms. The highest BCUT2D eigenvalue weighted by molar-refractivity contribution is 5.51. The molecule has 1 N–H and O–H groups in total. The van der Waals surface area contributed by atoms with Gasteiger partial charge in [-0.15, -0.1) is 0 Å². The molecular formula is C11H9N3O. The number of anilines is 1. The van der Waals surface area contributed by atoms with Crippen LogP contribution in [0.15, 0.2) is 36.0 Å². The molecule has 1 aromatic rings. The van der Waals surface area contributed by atoms with E-state index in [0.29, 0.717) is 0 Å². The van der Waals surface area contributed by atoms with Gasteiger partial charge in [0.15, 0.2) is 0 Å². The summed E-state index contributed by atoms with van der Waals surface area (Å²) in [5.74, 6) is 0.755. The van der Waals surface area contributed by atoms with E-state index in [1.807, 2.05) is 0 Å². The minimum atomic E-state index is 0.0332. The molecule has 0 unspecified atom stereocenters. The lowest BCUT2D eigenvalue weighted by Gasteiger charge is -2.02. The molecule has 0 fully saturated rings. The molecule has 0 bridgehead atoms. The highest BCUT2D eigenvalue weighted by Gasteiger charge is 1.93. The van der Waals surface area contributed by atoms with Crippen LogP contribution in [0.5, 0.6) is 5.75 Å². The lowest BCUT2D eigenvalue weighted by molar-refractivity contribution is 0.415. The van der Waals surface area contributed by atoms with Crippen molar-refractivity contribution in [3.05, 3.63) is 36.0 Å². The fourth-order valence-electron chi connectivity index (χ4n) is 0.932. The molecule has 1 rings (SSSR count). The van der Waals surface area contributed by atoms with E-state index in [9.17, 15) is 0 Å². The molecule has 0 heterocycles. The molecule has 0 aliphatic carbocycles. The van der Waals surface area contributed by atoms with Gasteiger partial charge in [-0.3, -0.25) is 0 Å². The largest absolute Gasteiger partial charge is 0.497 e. The quantitative estimate of drug-likeness (QED) is 0.756. The predicted octanol–water partition coefficient (Wildman–Crippen LogP) is 2.04. The average molecular weight is 199 g/mol. The Balaban J connectivity index is 2.71. The van der Waals surface area contributed by atoms with E-state index in [1.165, 1.54) is 6.20 Å². The van der Waals surface area contributed by atoms with E-state index in [2.05, 4.69) is 5.32 Å².